The molecule has 7 heteroatoms. The first kappa shape index (κ1) is 17.9. The highest BCUT2D eigenvalue weighted by Gasteiger charge is 2.33. The second-order valence-electron chi connectivity index (χ2n) is 5.46. The van der Waals surface area contributed by atoms with E-state index in [1.54, 1.807) is 21.1 Å². The van der Waals surface area contributed by atoms with Crippen LogP contribution in [0, 0.1) is 0 Å². The number of benzene rings is 1. The van der Waals surface area contributed by atoms with Crippen molar-refractivity contribution in [2.24, 2.45) is 0 Å². The Labute approximate surface area is 137 Å². The third-order valence-electron chi connectivity index (χ3n) is 3.85. The van der Waals surface area contributed by atoms with Crippen molar-refractivity contribution in [2.75, 3.05) is 26.9 Å². The first-order valence-electron chi connectivity index (χ1n) is 7.52. The lowest BCUT2D eigenvalue weighted by molar-refractivity contribution is -0.126. The predicted octanol–water partition coefficient (Wildman–Crippen LogP) is 1.28. The van der Waals surface area contributed by atoms with E-state index in [-0.39, 0.29) is 17.5 Å². The Hall–Kier alpha value is -1.49. The Morgan fingerprint density at radius 2 is 1.96 bits per heavy atom. The van der Waals surface area contributed by atoms with Crippen molar-refractivity contribution in [3.8, 4) is 5.75 Å². The van der Waals surface area contributed by atoms with Crippen LogP contribution in [0.25, 0.3) is 0 Å². The number of rotatable bonds is 8. The molecule has 1 aliphatic heterocycles. The third-order valence-corrected chi connectivity index (χ3v) is 5.77. The fourth-order valence-corrected chi connectivity index (χ4v) is 3.37. The molecular formula is C16H23N2O4P. The molecule has 0 radical (unpaired) electrons. The first-order valence-corrected chi connectivity index (χ1v) is 9.23. The molecule has 1 aromatic rings. The number of carbonyl (C=O) groups is 2. The molecule has 1 aliphatic rings. The van der Waals surface area contributed by atoms with Crippen molar-refractivity contribution in [1.29, 1.82) is 0 Å². The van der Waals surface area contributed by atoms with Gasteiger partial charge >= 0.3 is 0 Å². The van der Waals surface area contributed by atoms with Crippen LogP contribution in [0.1, 0.15) is 12.5 Å². The van der Waals surface area contributed by atoms with Crippen LogP contribution >= 0.6 is 7.92 Å². The van der Waals surface area contributed by atoms with Gasteiger partial charge in [-0.15, -0.1) is 0 Å². The van der Waals surface area contributed by atoms with E-state index in [1.165, 1.54) is 0 Å². The minimum atomic E-state index is -0.779. The Morgan fingerprint density at radius 3 is 2.43 bits per heavy atom. The molecular weight excluding hydrogens is 315 g/mol. The van der Waals surface area contributed by atoms with E-state index >= 15 is 0 Å². The summed E-state index contributed by atoms with van der Waals surface area (Å²) in [4.78, 5) is 24.7. The summed E-state index contributed by atoms with van der Waals surface area (Å²) in [5.41, 5.74) is 1.08. The molecule has 0 saturated carbocycles. The zero-order valence-corrected chi connectivity index (χ0v) is 14.6. The lowest BCUT2D eigenvalue weighted by Crippen LogP contribution is -2.49. The van der Waals surface area contributed by atoms with Crippen LogP contribution in [0.2, 0.25) is 0 Å². The van der Waals surface area contributed by atoms with E-state index in [2.05, 4.69) is 10.6 Å². The van der Waals surface area contributed by atoms with Crippen molar-refractivity contribution in [1.82, 2.24) is 10.6 Å². The van der Waals surface area contributed by atoms with Crippen LogP contribution in [0.5, 0.6) is 5.75 Å². The van der Waals surface area contributed by atoms with E-state index in [0.717, 1.165) is 11.3 Å². The summed E-state index contributed by atoms with van der Waals surface area (Å²) in [7, 11) is 2.55. The summed E-state index contributed by atoms with van der Waals surface area (Å²) in [5, 5.41) is 5.76. The third kappa shape index (κ3) is 4.74. The smallest absolute Gasteiger partial charge is 0.237 e. The SMILES string of the molecule is CN[C@H](C)C(=O)N[C@H](Cc1ccc(OC)cc1)C(=O)P1COC1. The number of carbonyl (C=O) groups excluding carboxylic acids is 2. The molecule has 2 rings (SSSR count). The van der Waals surface area contributed by atoms with Gasteiger partial charge in [0.15, 0.2) is 5.52 Å². The fraction of sp³-hybridized carbons (Fsp3) is 0.500. The molecule has 0 unspecified atom stereocenters. The average Bonchev–Trinajstić information content (AvgIpc) is 2.52. The van der Waals surface area contributed by atoms with Crippen molar-refractivity contribution >= 4 is 19.4 Å². The molecule has 0 aromatic heterocycles. The molecule has 2 atom stereocenters. The minimum absolute atomic E-state index is 0.0960. The van der Waals surface area contributed by atoms with Gasteiger partial charge in [0.1, 0.15) is 5.75 Å². The number of nitrogens with one attached hydrogen (secondary N) is 2. The van der Waals surface area contributed by atoms with E-state index in [0.29, 0.717) is 19.1 Å². The van der Waals surface area contributed by atoms with Crippen LogP contribution in [-0.4, -0.2) is 50.4 Å². The van der Waals surface area contributed by atoms with Gasteiger partial charge in [0.05, 0.1) is 31.9 Å². The van der Waals surface area contributed by atoms with Gasteiger partial charge in [0.25, 0.3) is 0 Å². The molecule has 1 heterocycles. The fourth-order valence-electron chi connectivity index (χ4n) is 2.16. The largest absolute Gasteiger partial charge is 0.497 e. The molecule has 6 nitrogen and oxygen atoms in total. The summed E-state index contributed by atoms with van der Waals surface area (Å²) < 4.78 is 10.3. The number of amides is 1. The van der Waals surface area contributed by atoms with E-state index in [4.69, 9.17) is 9.47 Å². The molecule has 2 N–H and O–H groups in total. The summed E-state index contributed by atoms with van der Waals surface area (Å²) in [6.07, 6.45) is 1.49. The van der Waals surface area contributed by atoms with Gasteiger partial charge in [-0.2, -0.15) is 0 Å². The first-order chi connectivity index (χ1) is 11.0. The maximum atomic E-state index is 12.6. The molecule has 1 fully saturated rings. The van der Waals surface area contributed by atoms with Gasteiger partial charge in [0, 0.05) is 14.3 Å². The van der Waals surface area contributed by atoms with E-state index in [9.17, 15) is 9.59 Å². The molecule has 1 aromatic carbocycles. The molecule has 0 bridgehead atoms. The number of hydrogen-bond donors (Lipinski definition) is 2. The molecule has 0 spiro atoms. The van der Waals surface area contributed by atoms with Gasteiger partial charge in [-0.3, -0.25) is 9.59 Å². The summed E-state index contributed by atoms with van der Waals surface area (Å²) in [6.45, 7) is 1.77. The van der Waals surface area contributed by atoms with Crippen molar-refractivity contribution < 1.29 is 19.1 Å². The lowest BCUT2D eigenvalue weighted by Gasteiger charge is -2.29. The highest BCUT2D eigenvalue weighted by Crippen LogP contribution is 2.45. The summed E-state index contributed by atoms with van der Waals surface area (Å²) in [5.74, 6) is 0.594. The van der Waals surface area contributed by atoms with Gasteiger partial charge in [-0.1, -0.05) is 12.1 Å². The molecule has 1 saturated heterocycles. The van der Waals surface area contributed by atoms with E-state index < -0.39 is 14.0 Å². The zero-order valence-electron chi connectivity index (χ0n) is 13.7. The normalized spacial score (nSPS) is 17.0. The van der Waals surface area contributed by atoms with Gasteiger partial charge in [-0.25, -0.2) is 0 Å². The molecule has 126 valence electrons. The van der Waals surface area contributed by atoms with Crippen LogP contribution in [-0.2, 0) is 20.7 Å². The highest BCUT2D eigenvalue weighted by molar-refractivity contribution is 7.75. The van der Waals surface area contributed by atoms with Gasteiger partial charge < -0.3 is 20.1 Å². The van der Waals surface area contributed by atoms with Crippen LogP contribution in [0.15, 0.2) is 24.3 Å². The second-order valence-corrected chi connectivity index (χ2v) is 7.50. The number of hydrogen-bond acceptors (Lipinski definition) is 5. The number of ether oxygens (including phenoxy) is 2. The average molecular weight is 338 g/mol. The number of methoxy groups -OCH3 is 1. The highest BCUT2D eigenvalue weighted by atomic mass is 31.1. The Balaban J connectivity index is 2.08. The van der Waals surface area contributed by atoms with Gasteiger partial charge in [-0.05, 0) is 31.7 Å². The minimum Gasteiger partial charge on any atom is -0.497 e. The van der Waals surface area contributed by atoms with Crippen LogP contribution in [0.4, 0.5) is 0 Å². The second kappa shape index (κ2) is 8.39. The molecule has 1 amide bonds. The molecule has 0 aliphatic carbocycles. The predicted molar refractivity (Wildman–Crippen MR) is 89.9 cm³/mol. The Kier molecular flexibility index (Phi) is 6.51. The van der Waals surface area contributed by atoms with Crippen molar-refractivity contribution in [3.63, 3.8) is 0 Å². The van der Waals surface area contributed by atoms with Crippen LogP contribution in [0.3, 0.4) is 0 Å². The van der Waals surface area contributed by atoms with Gasteiger partial charge in [0.2, 0.25) is 5.91 Å². The maximum Gasteiger partial charge on any atom is 0.237 e. The zero-order chi connectivity index (χ0) is 16.8. The standard InChI is InChI=1S/C16H23N2O4P/c1-11(17-2)15(19)18-14(16(20)23-9-22-10-23)8-12-4-6-13(21-3)7-5-12/h4-7,11,14,17H,8-10H2,1-3H3,(H,18,19)/t11-,14-/m1/s1. The topological polar surface area (TPSA) is 76.7 Å². The Morgan fingerprint density at radius 1 is 1.30 bits per heavy atom. The monoisotopic (exact) mass is 338 g/mol. The number of likely N-dealkylation sites (N-methyl/N-ethyl adjacent to an activating group) is 1. The quantitative estimate of drug-likeness (QED) is 0.699. The van der Waals surface area contributed by atoms with Crippen molar-refractivity contribution in [2.45, 2.75) is 25.4 Å². The summed E-state index contributed by atoms with van der Waals surface area (Å²) >= 11 is 0. The van der Waals surface area contributed by atoms with Crippen molar-refractivity contribution in [3.05, 3.63) is 29.8 Å². The molecule has 23 heavy (non-hydrogen) atoms. The summed E-state index contributed by atoms with van der Waals surface area (Å²) in [6, 6.07) is 6.68. The maximum absolute atomic E-state index is 12.6. The lowest BCUT2D eigenvalue weighted by atomic mass is 10.1. The van der Waals surface area contributed by atoms with E-state index in [1.807, 2.05) is 24.3 Å². The van der Waals surface area contributed by atoms with Crippen LogP contribution < -0.4 is 15.4 Å². The Bertz CT molecular complexity index is 546.